The second-order valence-electron chi connectivity index (χ2n) is 6.26. The SMILES string of the molecule is C=C(C)C(=O)CC(C)(C)CCOC(C)(C)C. The highest BCUT2D eigenvalue weighted by atomic mass is 16.5. The zero-order chi connectivity index (χ0) is 13.0. The topological polar surface area (TPSA) is 26.3 Å². The zero-order valence-corrected chi connectivity index (χ0v) is 11.6. The van der Waals surface area contributed by atoms with Crippen LogP contribution in [0.2, 0.25) is 0 Å². The average molecular weight is 226 g/mol. The monoisotopic (exact) mass is 226 g/mol. The molecule has 0 spiro atoms. The molecule has 0 N–H and O–H groups in total. The van der Waals surface area contributed by atoms with Gasteiger partial charge in [0.05, 0.1) is 5.60 Å². The maximum absolute atomic E-state index is 11.6. The van der Waals surface area contributed by atoms with Crippen molar-refractivity contribution in [2.75, 3.05) is 6.61 Å². The van der Waals surface area contributed by atoms with E-state index in [9.17, 15) is 4.79 Å². The number of ketones is 1. The van der Waals surface area contributed by atoms with Crippen LogP contribution in [0.5, 0.6) is 0 Å². The van der Waals surface area contributed by atoms with Crippen molar-refractivity contribution in [2.45, 2.75) is 60.0 Å². The van der Waals surface area contributed by atoms with Crippen molar-refractivity contribution in [3.8, 4) is 0 Å². The molecule has 2 heteroatoms. The van der Waals surface area contributed by atoms with Gasteiger partial charge in [0.15, 0.2) is 5.78 Å². The van der Waals surface area contributed by atoms with Crippen molar-refractivity contribution in [1.82, 2.24) is 0 Å². The van der Waals surface area contributed by atoms with Crippen molar-refractivity contribution >= 4 is 5.78 Å². The predicted molar refractivity (Wildman–Crippen MR) is 68.5 cm³/mol. The minimum Gasteiger partial charge on any atom is -0.376 e. The van der Waals surface area contributed by atoms with E-state index in [1.807, 2.05) is 20.8 Å². The highest BCUT2D eigenvalue weighted by Gasteiger charge is 2.23. The van der Waals surface area contributed by atoms with Crippen molar-refractivity contribution in [3.63, 3.8) is 0 Å². The van der Waals surface area contributed by atoms with E-state index in [0.717, 1.165) is 6.42 Å². The molecular weight excluding hydrogens is 200 g/mol. The maximum Gasteiger partial charge on any atom is 0.158 e. The normalized spacial score (nSPS) is 12.6. The second kappa shape index (κ2) is 5.62. The summed E-state index contributed by atoms with van der Waals surface area (Å²) in [6, 6.07) is 0. The fraction of sp³-hybridized carbons (Fsp3) is 0.786. The summed E-state index contributed by atoms with van der Waals surface area (Å²) in [6.07, 6.45) is 1.44. The number of carbonyl (C=O) groups is 1. The lowest BCUT2D eigenvalue weighted by Gasteiger charge is -2.26. The molecule has 0 bridgehead atoms. The number of carbonyl (C=O) groups excluding carboxylic acids is 1. The van der Waals surface area contributed by atoms with E-state index < -0.39 is 0 Å². The summed E-state index contributed by atoms with van der Waals surface area (Å²) >= 11 is 0. The van der Waals surface area contributed by atoms with Crippen LogP contribution in [0.3, 0.4) is 0 Å². The fourth-order valence-corrected chi connectivity index (χ4v) is 1.31. The van der Waals surface area contributed by atoms with E-state index in [4.69, 9.17) is 4.74 Å². The standard InChI is InChI=1S/C14H26O2/c1-11(2)12(15)10-14(6,7)8-9-16-13(3,4)5/h1,8-10H2,2-7H3. The number of allylic oxidation sites excluding steroid dienone is 1. The third kappa shape index (κ3) is 7.63. The third-order valence-electron chi connectivity index (χ3n) is 2.43. The number of ether oxygens (including phenoxy) is 1. The lowest BCUT2D eigenvalue weighted by Crippen LogP contribution is -2.24. The molecule has 16 heavy (non-hydrogen) atoms. The summed E-state index contributed by atoms with van der Waals surface area (Å²) in [6.45, 7) is 16.5. The first kappa shape index (κ1) is 15.4. The lowest BCUT2D eigenvalue weighted by molar-refractivity contribution is -0.117. The smallest absolute Gasteiger partial charge is 0.158 e. The highest BCUT2D eigenvalue weighted by molar-refractivity contribution is 5.94. The molecular formula is C14H26O2. The average Bonchev–Trinajstić information content (AvgIpc) is 1.99. The number of hydrogen-bond donors (Lipinski definition) is 0. The minimum absolute atomic E-state index is 0.0126. The molecule has 0 aromatic heterocycles. The van der Waals surface area contributed by atoms with Crippen LogP contribution in [0, 0.1) is 5.41 Å². The molecule has 0 aliphatic heterocycles. The van der Waals surface area contributed by atoms with Gasteiger partial charge < -0.3 is 4.74 Å². The summed E-state index contributed by atoms with van der Waals surface area (Å²) < 4.78 is 5.67. The summed E-state index contributed by atoms with van der Waals surface area (Å²) in [5.41, 5.74) is 0.528. The van der Waals surface area contributed by atoms with E-state index in [-0.39, 0.29) is 16.8 Å². The Labute approximate surface area is 100 Å². The van der Waals surface area contributed by atoms with Crippen LogP contribution in [0.4, 0.5) is 0 Å². The number of Topliss-reactive ketones (excluding diaryl/α,β-unsaturated/α-hetero) is 1. The van der Waals surface area contributed by atoms with E-state index in [2.05, 4.69) is 20.4 Å². The first-order valence-corrected chi connectivity index (χ1v) is 5.86. The van der Waals surface area contributed by atoms with Gasteiger partial charge in [0, 0.05) is 13.0 Å². The molecule has 0 aromatic carbocycles. The van der Waals surface area contributed by atoms with Crippen LogP contribution in [-0.4, -0.2) is 18.0 Å². The van der Waals surface area contributed by atoms with Crippen molar-refractivity contribution in [1.29, 1.82) is 0 Å². The quantitative estimate of drug-likeness (QED) is 0.645. The molecule has 0 aliphatic rings. The van der Waals surface area contributed by atoms with Gasteiger partial charge in [-0.1, -0.05) is 20.4 Å². The van der Waals surface area contributed by atoms with Gasteiger partial charge in [0.1, 0.15) is 0 Å². The highest BCUT2D eigenvalue weighted by Crippen LogP contribution is 2.27. The molecule has 0 fully saturated rings. The van der Waals surface area contributed by atoms with Gasteiger partial charge in [0.2, 0.25) is 0 Å². The van der Waals surface area contributed by atoms with E-state index in [0.29, 0.717) is 18.6 Å². The Bertz CT molecular complexity index is 256. The molecule has 0 aliphatic carbocycles. The van der Waals surface area contributed by atoms with Gasteiger partial charge in [-0.3, -0.25) is 4.79 Å². The molecule has 94 valence electrons. The van der Waals surface area contributed by atoms with E-state index in [1.54, 1.807) is 6.92 Å². The summed E-state index contributed by atoms with van der Waals surface area (Å²) in [7, 11) is 0. The molecule has 0 radical (unpaired) electrons. The van der Waals surface area contributed by atoms with Gasteiger partial charge in [0.25, 0.3) is 0 Å². The fourth-order valence-electron chi connectivity index (χ4n) is 1.31. The molecule has 0 atom stereocenters. The maximum atomic E-state index is 11.6. The second-order valence-corrected chi connectivity index (χ2v) is 6.26. The van der Waals surface area contributed by atoms with Crippen LogP contribution in [0.1, 0.15) is 54.4 Å². The van der Waals surface area contributed by atoms with Gasteiger partial charge in [-0.05, 0) is 45.1 Å². The Balaban J connectivity index is 4.06. The summed E-state index contributed by atoms with van der Waals surface area (Å²) in [5.74, 6) is 0.153. The Kier molecular flexibility index (Phi) is 5.40. The van der Waals surface area contributed by atoms with Crippen molar-refractivity contribution in [2.24, 2.45) is 5.41 Å². The molecule has 0 rings (SSSR count). The molecule has 2 nitrogen and oxygen atoms in total. The summed E-state index contributed by atoms with van der Waals surface area (Å²) in [4.78, 5) is 11.6. The molecule has 0 amide bonds. The first-order chi connectivity index (χ1) is 7.03. The molecule has 0 saturated heterocycles. The molecule has 0 unspecified atom stereocenters. The minimum atomic E-state index is -0.103. The van der Waals surface area contributed by atoms with Crippen LogP contribution in [0.15, 0.2) is 12.2 Å². The Morgan fingerprint density at radius 3 is 2.06 bits per heavy atom. The Hall–Kier alpha value is -0.630. The van der Waals surface area contributed by atoms with Crippen LogP contribution in [-0.2, 0) is 9.53 Å². The Morgan fingerprint density at radius 1 is 1.19 bits per heavy atom. The van der Waals surface area contributed by atoms with Crippen LogP contribution in [0.25, 0.3) is 0 Å². The largest absolute Gasteiger partial charge is 0.376 e. The van der Waals surface area contributed by atoms with E-state index in [1.165, 1.54) is 0 Å². The molecule has 0 heterocycles. The number of rotatable bonds is 6. The zero-order valence-electron chi connectivity index (χ0n) is 11.6. The Morgan fingerprint density at radius 2 is 1.69 bits per heavy atom. The van der Waals surface area contributed by atoms with E-state index >= 15 is 0 Å². The molecule has 0 aromatic rings. The summed E-state index contributed by atoms with van der Waals surface area (Å²) in [5, 5.41) is 0. The third-order valence-corrected chi connectivity index (χ3v) is 2.43. The van der Waals surface area contributed by atoms with Gasteiger partial charge in [-0.2, -0.15) is 0 Å². The first-order valence-electron chi connectivity index (χ1n) is 5.86. The van der Waals surface area contributed by atoms with Crippen molar-refractivity contribution < 1.29 is 9.53 Å². The van der Waals surface area contributed by atoms with Gasteiger partial charge >= 0.3 is 0 Å². The van der Waals surface area contributed by atoms with Crippen LogP contribution < -0.4 is 0 Å². The predicted octanol–water partition coefficient (Wildman–Crippen LogP) is 3.75. The van der Waals surface area contributed by atoms with Gasteiger partial charge in [-0.25, -0.2) is 0 Å². The van der Waals surface area contributed by atoms with Crippen molar-refractivity contribution in [3.05, 3.63) is 12.2 Å². The van der Waals surface area contributed by atoms with Gasteiger partial charge in [-0.15, -0.1) is 0 Å². The lowest BCUT2D eigenvalue weighted by atomic mass is 9.83. The molecule has 0 saturated carbocycles. The number of hydrogen-bond acceptors (Lipinski definition) is 2. The van der Waals surface area contributed by atoms with Crippen LogP contribution >= 0.6 is 0 Å².